The van der Waals surface area contributed by atoms with Gasteiger partial charge in [-0.15, -0.1) is 10.2 Å². The number of aromatic nitrogens is 2. The fraction of sp³-hybridized carbons (Fsp3) is 0.357. The average molecular weight is 406 g/mol. The Kier molecular flexibility index (Phi) is 6.21. The number of halogens is 2. The second-order valence-corrected chi connectivity index (χ2v) is 8.03. The van der Waals surface area contributed by atoms with Crippen molar-refractivity contribution < 1.29 is 26.7 Å². The first kappa shape index (κ1) is 20.1. The average Bonchev–Trinajstić information content (AvgIpc) is 3.01. The lowest BCUT2D eigenvalue weighted by Gasteiger charge is -2.13. The molecule has 0 aliphatic heterocycles. The Labute approximate surface area is 152 Å². The van der Waals surface area contributed by atoms with E-state index in [0.29, 0.717) is 11.3 Å². The first-order valence-electron chi connectivity index (χ1n) is 7.27. The quantitative estimate of drug-likeness (QED) is 0.731. The van der Waals surface area contributed by atoms with Gasteiger partial charge in [0.15, 0.2) is 5.01 Å². The van der Waals surface area contributed by atoms with Crippen molar-refractivity contribution in [1.82, 2.24) is 14.9 Å². The van der Waals surface area contributed by atoms with Crippen LogP contribution in [0.3, 0.4) is 0 Å². The summed E-state index contributed by atoms with van der Waals surface area (Å²) in [6.45, 7) is 3.30. The van der Waals surface area contributed by atoms with E-state index in [1.165, 1.54) is 19.2 Å². The Morgan fingerprint density at radius 1 is 1.27 bits per heavy atom. The summed E-state index contributed by atoms with van der Waals surface area (Å²) in [5, 5.41) is 8.36. The van der Waals surface area contributed by atoms with Gasteiger partial charge in [-0.05, 0) is 32.0 Å². The molecule has 1 aromatic heterocycles. The SMILES string of the molecule is COc1ccc(C(=O)Nc2nnc(C(F)F)s2)cc1S(=O)(=O)NC(C)C. The molecule has 0 spiro atoms. The van der Waals surface area contributed by atoms with Gasteiger partial charge in [-0.1, -0.05) is 11.3 Å². The Balaban J connectivity index is 2.31. The molecule has 0 bridgehead atoms. The molecule has 1 heterocycles. The Morgan fingerprint density at radius 2 is 1.96 bits per heavy atom. The zero-order valence-electron chi connectivity index (χ0n) is 14.0. The number of methoxy groups -OCH3 is 1. The second kappa shape index (κ2) is 8.01. The highest BCUT2D eigenvalue weighted by atomic mass is 32.2. The Morgan fingerprint density at radius 3 is 2.50 bits per heavy atom. The number of nitrogens with zero attached hydrogens (tertiary/aromatic N) is 2. The summed E-state index contributed by atoms with van der Waals surface area (Å²) in [6, 6.07) is 3.44. The van der Waals surface area contributed by atoms with Gasteiger partial charge in [-0.3, -0.25) is 10.1 Å². The van der Waals surface area contributed by atoms with Gasteiger partial charge < -0.3 is 4.74 Å². The molecule has 0 saturated carbocycles. The molecular formula is C14H16F2N4O4S2. The maximum absolute atomic E-state index is 12.5. The molecule has 0 radical (unpaired) electrons. The molecule has 2 rings (SSSR count). The molecule has 0 saturated heterocycles. The molecule has 0 aliphatic carbocycles. The Bertz CT molecular complexity index is 900. The molecule has 0 atom stereocenters. The third-order valence-corrected chi connectivity index (χ3v) is 5.48. The number of hydrogen-bond donors (Lipinski definition) is 2. The summed E-state index contributed by atoms with van der Waals surface area (Å²) in [5.41, 5.74) is -0.0104. The molecule has 8 nitrogen and oxygen atoms in total. The van der Waals surface area contributed by atoms with Gasteiger partial charge >= 0.3 is 0 Å². The first-order valence-corrected chi connectivity index (χ1v) is 9.57. The summed E-state index contributed by atoms with van der Waals surface area (Å²) < 4.78 is 57.3. The van der Waals surface area contributed by atoms with Crippen LogP contribution >= 0.6 is 11.3 Å². The van der Waals surface area contributed by atoms with E-state index >= 15 is 0 Å². The minimum Gasteiger partial charge on any atom is -0.495 e. The number of alkyl halides is 2. The maximum Gasteiger partial charge on any atom is 0.291 e. The van der Waals surface area contributed by atoms with Crippen molar-refractivity contribution in [2.45, 2.75) is 31.2 Å². The Hall–Kier alpha value is -2.18. The third kappa shape index (κ3) is 4.71. The summed E-state index contributed by atoms with van der Waals surface area (Å²) >= 11 is 0.530. The molecule has 2 N–H and O–H groups in total. The molecule has 12 heteroatoms. The van der Waals surface area contributed by atoms with Crippen LogP contribution in [0.4, 0.5) is 13.9 Å². The number of carbonyl (C=O) groups excluding carboxylic acids is 1. The van der Waals surface area contributed by atoms with E-state index in [9.17, 15) is 22.0 Å². The molecule has 0 unspecified atom stereocenters. The molecular weight excluding hydrogens is 390 g/mol. The first-order chi connectivity index (χ1) is 12.1. The standard InChI is InChI=1S/C14H16F2N4O4S2/c1-7(2)20-26(22,23)10-6-8(4-5-9(10)24-3)12(21)17-14-19-18-13(25-14)11(15)16/h4-7,11,20H,1-3H3,(H,17,19,21). The summed E-state index contributed by atoms with van der Waals surface area (Å²) in [4.78, 5) is 12.1. The lowest BCUT2D eigenvalue weighted by molar-refractivity contribution is 0.102. The van der Waals surface area contributed by atoms with Crippen LogP contribution in [-0.2, 0) is 10.0 Å². The van der Waals surface area contributed by atoms with E-state index < -0.39 is 27.4 Å². The number of hydrogen-bond acceptors (Lipinski definition) is 7. The van der Waals surface area contributed by atoms with E-state index in [1.54, 1.807) is 13.8 Å². The van der Waals surface area contributed by atoms with Gasteiger partial charge in [0.05, 0.1) is 7.11 Å². The molecule has 1 aromatic carbocycles. The monoisotopic (exact) mass is 406 g/mol. The normalized spacial score (nSPS) is 11.8. The van der Waals surface area contributed by atoms with Crippen molar-refractivity contribution in [2.24, 2.45) is 0 Å². The molecule has 26 heavy (non-hydrogen) atoms. The van der Waals surface area contributed by atoms with E-state index in [2.05, 4.69) is 20.2 Å². The van der Waals surface area contributed by atoms with Gasteiger partial charge in [-0.25, -0.2) is 21.9 Å². The maximum atomic E-state index is 12.5. The largest absolute Gasteiger partial charge is 0.495 e. The molecule has 2 aromatic rings. The van der Waals surface area contributed by atoms with Crippen LogP contribution in [0.2, 0.25) is 0 Å². The highest BCUT2D eigenvalue weighted by Gasteiger charge is 2.23. The van der Waals surface area contributed by atoms with E-state index in [-0.39, 0.29) is 27.4 Å². The van der Waals surface area contributed by atoms with Crippen LogP contribution in [0.5, 0.6) is 5.75 Å². The van der Waals surface area contributed by atoms with Gasteiger partial charge in [0.25, 0.3) is 12.3 Å². The van der Waals surface area contributed by atoms with Gasteiger partial charge in [0, 0.05) is 11.6 Å². The molecule has 0 fully saturated rings. The van der Waals surface area contributed by atoms with Crippen LogP contribution in [-0.4, -0.2) is 37.7 Å². The van der Waals surface area contributed by atoms with Crippen molar-refractivity contribution in [2.75, 3.05) is 12.4 Å². The molecule has 0 aliphatic rings. The van der Waals surface area contributed by atoms with Crippen LogP contribution in [0.1, 0.15) is 35.6 Å². The summed E-state index contributed by atoms with van der Waals surface area (Å²) in [5.74, 6) is -0.656. The van der Waals surface area contributed by atoms with E-state index in [1.807, 2.05) is 0 Å². The zero-order chi connectivity index (χ0) is 19.5. The third-order valence-electron chi connectivity index (χ3n) is 2.95. The zero-order valence-corrected chi connectivity index (χ0v) is 15.6. The van der Waals surface area contributed by atoms with E-state index in [4.69, 9.17) is 4.74 Å². The van der Waals surface area contributed by atoms with Crippen LogP contribution < -0.4 is 14.8 Å². The second-order valence-electron chi connectivity index (χ2n) is 5.34. The number of nitrogens with one attached hydrogen (secondary N) is 2. The predicted octanol–water partition coefficient (Wildman–Crippen LogP) is 2.42. The van der Waals surface area contributed by atoms with Crippen LogP contribution in [0.25, 0.3) is 0 Å². The highest BCUT2D eigenvalue weighted by molar-refractivity contribution is 7.89. The fourth-order valence-corrected chi connectivity index (χ4v) is 3.98. The van der Waals surface area contributed by atoms with E-state index in [0.717, 1.165) is 6.07 Å². The van der Waals surface area contributed by atoms with Crippen molar-refractivity contribution in [1.29, 1.82) is 0 Å². The minimum atomic E-state index is -3.92. The van der Waals surface area contributed by atoms with Crippen molar-refractivity contribution >= 4 is 32.4 Å². The van der Waals surface area contributed by atoms with Crippen molar-refractivity contribution in [3.8, 4) is 5.75 Å². The van der Waals surface area contributed by atoms with Gasteiger partial charge in [-0.2, -0.15) is 0 Å². The molecule has 1 amide bonds. The number of amides is 1. The number of ether oxygens (including phenoxy) is 1. The highest BCUT2D eigenvalue weighted by Crippen LogP contribution is 2.27. The predicted molar refractivity (Wildman–Crippen MR) is 91.3 cm³/mol. The topological polar surface area (TPSA) is 110 Å². The fourth-order valence-electron chi connectivity index (χ4n) is 1.94. The summed E-state index contributed by atoms with van der Waals surface area (Å²) in [6.07, 6.45) is -2.79. The lowest BCUT2D eigenvalue weighted by atomic mass is 10.2. The lowest BCUT2D eigenvalue weighted by Crippen LogP contribution is -2.30. The van der Waals surface area contributed by atoms with Crippen LogP contribution in [0, 0.1) is 0 Å². The number of carbonyl (C=O) groups is 1. The number of sulfonamides is 1. The number of anilines is 1. The number of rotatable bonds is 7. The van der Waals surface area contributed by atoms with Crippen molar-refractivity contribution in [3.63, 3.8) is 0 Å². The smallest absolute Gasteiger partial charge is 0.291 e. The summed E-state index contributed by atoms with van der Waals surface area (Å²) in [7, 11) is -2.62. The molecule has 142 valence electrons. The van der Waals surface area contributed by atoms with Gasteiger partial charge in [0.1, 0.15) is 10.6 Å². The van der Waals surface area contributed by atoms with Crippen LogP contribution in [0.15, 0.2) is 23.1 Å². The van der Waals surface area contributed by atoms with Gasteiger partial charge in [0.2, 0.25) is 15.2 Å². The van der Waals surface area contributed by atoms with Crippen molar-refractivity contribution in [3.05, 3.63) is 28.8 Å². The minimum absolute atomic E-state index is 0.0104. The number of benzene rings is 1.